The van der Waals surface area contributed by atoms with E-state index < -0.39 is 65.2 Å². The minimum atomic E-state index is -1.07. The molecule has 19 heteroatoms. The lowest BCUT2D eigenvalue weighted by Gasteiger charge is -2.40. The van der Waals surface area contributed by atoms with Gasteiger partial charge in [-0.05, 0) is 120 Å². The number of likely N-dealkylation sites (tertiary alicyclic amines) is 1. The third-order valence-corrected chi connectivity index (χ3v) is 17.8. The number of nitrogens with one attached hydrogen (secondary N) is 2. The van der Waals surface area contributed by atoms with Gasteiger partial charge in [-0.15, -0.1) is 0 Å². The number of benzene rings is 1. The largest absolute Gasteiger partial charge is 0.464 e. The van der Waals surface area contributed by atoms with Gasteiger partial charge in [0.25, 0.3) is 5.91 Å². The standard InChI is InChI=1S/C60H88N10O9/c1-12-68-49-18-15-38-27-44(49)46(53(68)45-28-41(30-61-51(45)37(4)76-11)67-24-22-66(23-25-67)40-16-17-40)29-60(8,9)35-78-57(74)47-14-13-20-70(63-47)56(73)48-33-65-31-39(38)26-42(32-65)77-34-50-43(19-21-69(50)58(75)79-59(5,6)7)55(72)64(10)52(36(2)3)54(71)62-48/h15,18,26-27,30,36-37,40-43,47-48,50,52,63H,12-14,16-17,19-25,28-29,31-35H2,1-11H3,(H,62,71)/t37-,41+,42-,43-,47-,48-,50+,52-/m0/s1. The molecule has 4 amide bonds. The van der Waals surface area contributed by atoms with Crippen molar-refractivity contribution in [2.45, 2.75) is 168 Å². The number of esters is 1. The van der Waals surface area contributed by atoms with E-state index in [2.05, 4.69) is 88.2 Å². The van der Waals surface area contributed by atoms with Crippen LogP contribution < -0.4 is 10.7 Å². The molecule has 2 aromatic rings. The average Bonchev–Trinajstić information content (AvgIpc) is 4.17. The summed E-state index contributed by atoms with van der Waals surface area (Å²) in [5.74, 6) is -2.60. The highest BCUT2D eigenvalue weighted by atomic mass is 16.6. The summed E-state index contributed by atoms with van der Waals surface area (Å²) in [6.07, 6.45) is 8.31. The zero-order chi connectivity index (χ0) is 56.2. The first kappa shape index (κ1) is 57.1. The Bertz CT molecular complexity index is 2750. The number of rotatable bonds is 7. The lowest BCUT2D eigenvalue weighted by molar-refractivity contribution is -0.155. The molecule has 1 saturated carbocycles. The number of carbonyl (C=O) groups excluding carboxylic acids is 5. The molecular weight excluding hydrogens is 1000 g/mol. The third-order valence-electron chi connectivity index (χ3n) is 17.8. The van der Waals surface area contributed by atoms with E-state index in [-0.39, 0.29) is 56.2 Å². The van der Waals surface area contributed by atoms with Crippen LogP contribution >= 0.6 is 0 Å². The molecule has 432 valence electrons. The maximum absolute atomic E-state index is 15.1. The highest BCUT2D eigenvalue weighted by Crippen LogP contribution is 2.43. The van der Waals surface area contributed by atoms with E-state index in [1.165, 1.54) is 28.3 Å². The van der Waals surface area contributed by atoms with Gasteiger partial charge in [-0.3, -0.25) is 43.9 Å². The van der Waals surface area contributed by atoms with E-state index in [0.717, 1.165) is 77.6 Å². The predicted molar refractivity (Wildman–Crippen MR) is 303 cm³/mol. The molecule has 0 spiro atoms. The minimum Gasteiger partial charge on any atom is -0.464 e. The number of aromatic nitrogens is 1. The molecule has 8 aliphatic rings. The van der Waals surface area contributed by atoms with Crippen LogP contribution in [0.15, 0.2) is 35.0 Å². The number of piperazine rings is 1. The fourth-order valence-electron chi connectivity index (χ4n) is 13.5. The summed E-state index contributed by atoms with van der Waals surface area (Å²) in [6, 6.07) is 4.06. The van der Waals surface area contributed by atoms with Gasteiger partial charge in [-0.25, -0.2) is 10.2 Å². The number of carbonyl (C=O) groups is 5. The van der Waals surface area contributed by atoms with Crippen molar-refractivity contribution in [1.29, 1.82) is 0 Å². The zero-order valence-electron chi connectivity index (χ0n) is 48.8. The molecule has 2 N–H and O–H groups in total. The average molecular weight is 1090 g/mol. The molecular formula is C60H88N10O9. The summed E-state index contributed by atoms with van der Waals surface area (Å²) in [4.78, 5) is 88.8. The van der Waals surface area contributed by atoms with E-state index in [9.17, 15) is 19.2 Å². The maximum atomic E-state index is 15.1. The van der Waals surface area contributed by atoms with Crippen molar-refractivity contribution in [2.24, 2.45) is 22.2 Å². The first-order valence-corrected chi connectivity index (χ1v) is 29.4. The van der Waals surface area contributed by atoms with Gasteiger partial charge in [-0.2, -0.15) is 0 Å². The Hall–Kier alpha value is -5.18. The number of amides is 4. The van der Waals surface area contributed by atoms with Crippen molar-refractivity contribution < 1.29 is 42.9 Å². The molecule has 10 rings (SSSR count). The van der Waals surface area contributed by atoms with Crippen LogP contribution in [0.4, 0.5) is 4.79 Å². The summed E-state index contributed by atoms with van der Waals surface area (Å²) in [5.41, 5.74) is 9.33. The molecule has 0 radical (unpaired) electrons. The number of ether oxygens (including phenoxy) is 4. The van der Waals surface area contributed by atoms with E-state index in [1.54, 1.807) is 19.1 Å². The molecule has 1 aromatic heterocycles. The lowest BCUT2D eigenvalue weighted by atomic mass is 9.83. The molecule has 1 aromatic carbocycles. The van der Waals surface area contributed by atoms with Gasteiger partial charge in [0.1, 0.15) is 23.7 Å². The second-order valence-electron chi connectivity index (χ2n) is 25.8. The van der Waals surface area contributed by atoms with Gasteiger partial charge in [0.05, 0.1) is 48.8 Å². The number of cyclic esters (lactones) is 1. The van der Waals surface area contributed by atoms with E-state index >= 15 is 4.79 Å². The fourth-order valence-corrected chi connectivity index (χ4v) is 13.5. The third kappa shape index (κ3) is 12.1. The minimum absolute atomic E-state index is 0.0415. The van der Waals surface area contributed by atoms with Gasteiger partial charge in [0, 0.05) is 120 Å². The summed E-state index contributed by atoms with van der Waals surface area (Å²) >= 11 is 0. The summed E-state index contributed by atoms with van der Waals surface area (Å²) in [5, 5.41) is 5.70. The van der Waals surface area contributed by atoms with Crippen LogP contribution in [-0.4, -0.2) is 210 Å². The van der Waals surface area contributed by atoms with Gasteiger partial charge in [0.2, 0.25) is 11.8 Å². The van der Waals surface area contributed by atoms with Crippen molar-refractivity contribution in [3.8, 4) is 0 Å². The Morgan fingerprint density at radius 2 is 1.68 bits per heavy atom. The molecule has 79 heavy (non-hydrogen) atoms. The summed E-state index contributed by atoms with van der Waals surface area (Å²) in [7, 11) is 3.37. The SMILES string of the molecule is CCn1c(C2=C([C@H](C)OC)N=C[C@H](N3CCN(C4CC4)CC3)C2)c2c3cc(ccc31)C1=C[C@H]3CN(C1)C[C@H](NC(=O)[C@H](C(C)C)N(C)C(=O)[C@H]1CCN(C(=O)OC(C)(C)C)[C@@H]1CO3)C(=O)N1CCC[C@H](N1)C(=O)OCC(C)(C)C2. The molecule has 9 atom stereocenters. The van der Waals surface area contributed by atoms with Crippen LogP contribution in [-0.2, 0) is 51.1 Å². The number of methoxy groups -OCH3 is 1. The zero-order valence-corrected chi connectivity index (χ0v) is 48.8. The molecule has 4 saturated heterocycles. The van der Waals surface area contributed by atoms with Crippen molar-refractivity contribution in [3.63, 3.8) is 0 Å². The van der Waals surface area contributed by atoms with Crippen molar-refractivity contribution in [1.82, 2.24) is 44.8 Å². The molecule has 7 aliphatic heterocycles. The topological polar surface area (TPSA) is 183 Å². The number of aliphatic imine (C=N–C) groups is 1. The highest BCUT2D eigenvalue weighted by Gasteiger charge is 2.47. The number of nitrogens with zero attached hydrogens (tertiary/aromatic N) is 8. The number of likely N-dealkylation sites (N-methyl/N-ethyl adjacent to an activating group) is 1. The Morgan fingerprint density at radius 3 is 2.38 bits per heavy atom. The fraction of sp³-hybridized carbons (Fsp3) is 0.700. The van der Waals surface area contributed by atoms with Crippen molar-refractivity contribution in [2.75, 3.05) is 86.3 Å². The molecule has 1 unspecified atom stereocenters. The second kappa shape index (κ2) is 23.0. The Balaban J connectivity index is 1.10. The van der Waals surface area contributed by atoms with Gasteiger partial charge in [-0.1, -0.05) is 33.8 Å². The quantitative estimate of drug-likeness (QED) is 0.340. The molecule has 19 nitrogen and oxygen atoms in total. The monoisotopic (exact) mass is 1090 g/mol. The van der Waals surface area contributed by atoms with E-state index in [0.29, 0.717) is 51.9 Å². The molecule has 5 fully saturated rings. The molecule has 8 heterocycles. The van der Waals surface area contributed by atoms with Gasteiger partial charge in [0.15, 0.2) is 0 Å². The number of hydrogen-bond acceptors (Lipinski definition) is 14. The molecule has 1 aliphatic carbocycles. The first-order chi connectivity index (χ1) is 37.6. The number of hydrogen-bond donors (Lipinski definition) is 2. The van der Waals surface area contributed by atoms with Gasteiger partial charge < -0.3 is 38.6 Å². The second-order valence-corrected chi connectivity index (χ2v) is 25.8. The van der Waals surface area contributed by atoms with E-state index in [1.807, 2.05) is 34.6 Å². The normalized spacial score (nSPS) is 30.3. The van der Waals surface area contributed by atoms with E-state index in [4.69, 9.17) is 23.9 Å². The lowest BCUT2D eigenvalue weighted by Crippen LogP contribution is -2.64. The van der Waals surface area contributed by atoms with Crippen molar-refractivity contribution >= 4 is 58.0 Å². The maximum Gasteiger partial charge on any atom is 0.410 e. The Labute approximate surface area is 467 Å². The van der Waals surface area contributed by atoms with Crippen LogP contribution in [0.2, 0.25) is 0 Å². The highest BCUT2D eigenvalue weighted by molar-refractivity contribution is 5.96. The number of hydrazine groups is 1. The van der Waals surface area contributed by atoms with Crippen molar-refractivity contribution in [3.05, 3.63) is 46.8 Å². The predicted octanol–water partition coefficient (Wildman–Crippen LogP) is 5.34. The number of fused-ring (bicyclic) bond motifs is 8. The summed E-state index contributed by atoms with van der Waals surface area (Å²) < 4.78 is 27.7. The number of aryl methyl sites for hydroxylation is 1. The van der Waals surface area contributed by atoms with Crippen LogP contribution in [0.5, 0.6) is 0 Å². The van der Waals surface area contributed by atoms with Crippen LogP contribution in [0.1, 0.15) is 118 Å². The summed E-state index contributed by atoms with van der Waals surface area (Å²) in [6.45, 7) is 24.3. The van der Waals surface area contributed by atoms with Crippen LogP contribution in [0.3, 0.4) is 0 Å². The van der Waals surface area contributed by atoms with Gasteiger partial charge >= 0.3 is 12.1 Å². The van der Waals surface area contributed by atoms with Crippen LogP contribution in [0.25, 0.3) is 22.0 Å². The van der Waals surface area contributed by atoms with Crippen LogP contribution in [0, 0.1) is 17.3 Å². The first-order valence-electron chi connectivity index (χ1n) is 29.4. The Morgan fingerprint density at radius 1 is 0.937 bits per heavy atom. The Kier molecular flexibility index (Phi) is 16.6. The molecule has 8 bridgehead atoms. The smallest absolute Gasteiger partial charge is 0.410 e.